The van der Waals surface area contributed by atoms with Crippen LogP contribution in [0.1, 0.15) is 31.2 Å². The van der Waals surface area contributed by atoms with Gasteiger partial charge >= 0.3 is 18.3 Å². The van der Waals surface area contributed by atoms with Crippen molar-refractivity contribution in [1.29, 1.82) is 0 Å². The van der Waals surface area contributed by atoms with E-state index in [1.807, 2.05) is 19.0 Å². The summed E-state index contributed by atoms with van der Waals surface area (Å²) in [6, 6.07) is 4.18. The van der Waals surface area contributed by atoms with Gasteiger partial charge in [-0.1, -0.05) is 0 Å². The highest BCUT2D eigenvalue weighted by Gasteiger charge is 2.37. The number of alkyl halides is 3. The van der Waals surface area contributed by atoms with E-state index in [0.29, 0.717) is 49.8 Å². The summed E-state index contributed by atoms with van der Waals surface area (Å²) in [6.07, 6.45) is 4.10. The minimum Gasteiger partial charge on any atom is -0.467 e. The number of anilines is 2. The number of nitrogens with one attached hydrogen (secondary N) is 1. The third-order valence-corrected chi connectivity index (χ3v) is 8.78. The number of rotatable bonds is 11. The molecule has 19 heteroatoms. The second-order valence-electron chi connectivity index (χ2n) is 11.7. The topological polar surface area (TPSA) is 192 Å². The maximum absolute atomic E-state index is 13.9. The highest BCUT2D eigenvalue weighted by Crippen LogP contribution is 2.37. The zero-order chi connectivity index (χ0) is 36.1. The molecule has 1 saturated carbocycles. The largest absolute Gasteiger partial charge is 0.467 e. The van der Waals surface area contributed by atoms with E-state index in [9.17, 15) is 26.4 Å². The molecule has 5 rings (SSSR count). The molecular formula is C31H35F3N10O5S. The van der Waals surface area contributed by atoms with Crippen molar-refractivity contribution in [2.45, 2.75) is 48.8 Å². The lowest BCUT2D eigenvalue weighted by molar-refractivity contribution is -0.137. The Morgan fingerprint density at radius 3 is 2.26 bits per heavy atom. The second-order valence-corrected chi connectivity index (χ2v) is 13.3. The number of carbonyl (C=O) groups is 1. The first-order valence-corrected chi connectivity index (χ1v) is 16.9. The molecule has 1 aliphatic carbocycles. The van der Waals surface area contributed by atoms with Crippen LogP contribution in [0.5, 0.6) is 6.01 Å². The van der Waals surface area contributed by atoms with Crippen molar-refractivity contribution in [1.82, 2.24) is 34.8 Å². The van der Waals surface area contributed by atoms with Crippen molar-refractivity contribution < 1.29 is 35.9 Å². The smallest absolute Gasteiger partial charge is 0.419 e. The monoisotopic (exact) mass is 716 g/mol. The van der Waals surface area contributed by atoms with Crippen molar-refractivity contribution in [2.24, 2.45) is 5.14 Å². The van der Waals surface area contributed by atoms with Gasteiger partial charge in [-0.25, -0.2) is 43.3 Å². The quantitative estimate of drug-likeness (QED) is 0.227. The van der Waals surface area contributed by atoms with Gasteiger partial charge in [0.15, 0.2) is 0 Å². The molecule has 266 valence electrons. The number of halogens is 3. The third-order valence-electron chi connectivity index (χ3n) is 7.90. The van der Waals surface area contributed by atoms with Crippen LogP contribution in [0.25, 0.3) is 22.4 Å². The predicted octanol–water partition coefficient (Wildman–Crippen LogP) is 3.99. The number of nitrogens with zero attached hydrogens (tertiary/aromatic N) is 8. The van der Waals surface area contributed by atoms with Crippen LogP contribution in [0, 0.1) is 0 Å². The summed E-state index contributed by atoms with van der Waals surface area (Å²) in [6.45, 7) is 0.696. The van der Waals surface area contributed by atoms with Gasteiger partial charge in [0.1, 0.15) is 22.9 Å². The van der Waals surface area contributed by atoms with E-state index in [0.717, 1.165) is 24.0 Å². The minimum absolute atomic E-state index is 0.0859. The number of carbonyl (C=O) groups excluding carboxylic acids is 1. The Morgan fingerprint density at radius 2 is 1.66 bits per heavy atom. The number of hydrogen-bond acceptors (Lipinski definition) is 13. The van der Waals surface area contributed by atoms with Gasteiger partial charge in [-0.05, 0) is 58.0 Å². The molecule has 0 spiro atoms. The van der Waals surface area contributed by atoms with E-state index in [1.54, 1.807) is 30.7 Å². The van der Waals surface area contributed by atoms with Crippen LogP contribution in [0.4, 0.5) is 29.7 Å². The summed E-state index contributed by atoms with van der Waals surface area (Å²) >= 11 is 0. The summed E-state index contributed by atoms with van der Waals surface area (Å²) in [5.74, 6) is 0.303. The van der Waals surface area contributed by atoms with Crippen LogP contribution in [-0.4, -0.2) is 95.8 Å². The Kier molecular flexibility index (Phi) is 11.1. The highest BCUT2D eigenvalue weighted by atomic mass is 32.2. The molecule has 15 nitrogen and oxygen atoms in total. The Bertz CT molecular complexity index is 1890. The van der Waals surface area contributed by atoms with Gasteiger partial charge in [0, 0.05) is 72.5 Å². The first-order chi connectivity index (χ1) is 23.7. The van der Waals surface area contributed by atoms with Gasteiger partial charge in [-0.2, -0.15) is 13.2 Å². The zero-order valence-electron chi connectivity index (χ0n) is 27.3. The zero-order valence-corrected chi connectivity index (χ0v) is 28.1. The summed E-state index contributed by atoms with van der Waals surface area (Å²) < 4.78 is 76.0. The molecule has 1 amide bonds. The van der Waals surface area contributed by atoms with Gasteiger partial charge < -0.3 is 19.7 Å². The maximum atomic E-state index is 13.9. The Balaban J connectivity index is 1.33. The molecule has 0 radical (unpaired) electrons. The van der Waals surface area contributed by atoms with Crippen molar-refractivity contribution in [2.75, 3.05) is 44.6 Å². The van der Waals surface area contributed by atoms with E-state index in [2.05, 4.69) is 35.2 Å². The lowest BCUT2D eigenvalue weighted by Gasteiger charge is -2.36. The number of primary sulfonamides is 1. The summed E-state index contributed by atoms with van der Waals surface area (Å²) in [5, 5.41) is 8.26. The normalized spacial score (nSPS) is 16.6. The first-order valence-electron chi connectivity index (χ1n) is 15.3. The third kappa shape index (κ3) is 8.96. The fourth-order valence-corrected chi connectivity index (χ4v) is 5.83. The molecular weight excluding hydrogens is 681 g/mol. The fourth-order valence-electron chi connectivity index (χ4n) is 5.33. The fraction of sp³-hybridized carbons (Fsp3) is 0.387. The number of likely N-dealkylation sites (N-methyl/N-ethyl adjacent to an activating group) is 1. The van der Waals surface area contributed by atoms with Crippen LogP contribution in [0.3, 0.4) is 0 Å². The minimum atomic E-state index is -4.83. The molecule has 4 aromatic rings. The van der Waals surface area contributed by atoms with Crippen LogP contribution >= 0.6 is 0 Å². The maximum Gasteiger partial charge on any atom is 0.419 e. The molecule has 0 bridgehead atoms. The molecule has 0 aromatic carbocycles. The van der Waals surface area contributed by atoms with E-state index in [4.69, 9.17) is 14.6 Å². The van der Waals surface area contributed by atoms with Crippen LogP contribution in [0.2, 0.25) is 0 Å². The number of methoxy groups -OCH3 is 1. The lowest BCUT2D eigenvalue weighted by Crippen LogP contribution is -2.45. The first kappa shape index (κ1) is 36.3. The van der Waals surface area contributed by atoms with E-state index in [1.165, 1.54) is 12.0 Å². The van der Waals surface area contributed by atoms with Gasteiger partial charge in [-0.3, -0.25) is 9.88 Å². The van der Waals surface area contributed by atoms with Crippen molar-refractivity contribution in [3.05, 3.63) is 60.9 Å². The number of pyridine rings is 2. The molecule has 0 atom stereocenters. The predicted molar refractivity (Wildman–Crippen MR) is 176 cm³/mol. The summed E-state index contributed by atoms with van der Waals surface area (Å²) in [5.41, 5.74) is -0.475. The number of ether oxygens (including phenoxy) is 2. The number of amides is 1. The molecule has 1 fully saturated rings. The number of sulfonamides is 1. The number of hydrogen-bond donors (Lipinski definition) is 2. The van der Waals surface area contributed by atoms with Crippen molar-refractivity contribution in [3.8, 4) is 28.4 Å². The molecule has 1 aliphatic rings. The second kappa shape index (κ2) is 15.3. The average Bonchev–Trinajstić information content (AvgIpc) is 3.08. The molecule has 3 N–H and O–H groups in total. The van der Waals surface area contributed by atoms with Crippen LogP contribution in [0.15, 0.2) is 60.3 Å². The molecule has 4 aromatic heterocycles. The highest BCUT2D eigenvalue weighted by molar-refractivity contribution is 7.89. The molecule has 0 saturated heterocycles. The van der Waals surface area contributed by atoms with E-state index < -0.39 is 38.4 Å². The summed E-state index contributed by atoms with van der Waals surface area (Å²) in [7, 11) is 0.968. The SMILES string of the molecule is COc1ncc(-c2ccc(N(C(=O)OCCN(C)C)C3CCC(Nc4ncc(C(F)(F)F)c(-c5cncc(S(N)(=O)=O)c5)n4)CC3)nc2)cn1. The Labute approximate surface area is 286 Å². The van der Waals surface area contributed by atoms with E-state index in [-0.39, 0.29) is 36.2 Å². The van der Waals surface area contributed by atoms with Crippen molar-refractivity contribution >= 4 is 27.9 Å². The Hall–Kier alpha value is -5.01. The molecule has 50 heavy (non-hydrogen) atoms. The van der Waals surface area contributed by atoms with Gasteiger partial charge in [0.25, 0.3) is 0 Å². The van der Waals surface area contributed by atoms with E-state index >= 15 is 0 Å². The molecule has 4 heterocycles. The van der Waals surface area contributed by atoms with Crippen LogP contribution in [-0.2, 0) is 20.9 Å². The number of aromatic nitrogens is 6. The molecule has 0 unspecified atom stereocenters. The summed E-state index contributed by atoms with van der Waals surface area (Å²) in [4.78, 5) is 40.9. The number of nitrogens with two attached hydrogens (primary N) is 1. The Morgan fingerprint density at radius 1 is 0.960 bits per heavy atom. The van der Waals surface area contributed by atoms with Gasteiger partial charge in [-0.15, -0.1) is 0 Å². The standard InChI is InChI=1S/C31H35F3N10O5S/c1-43(2)10-11-49-30(45)44(26-9-4-19(14-37-26)21-15-39-29(48-3)40-16-21)23-7-5-22(6-8-23)41-28-38-18-25(31(32,33)34)27(42-28)20-12-24(17-36-13-20)50(35,46)47/h4,9,12-18,22-23H,5-8,10-11H2,1-3H3,(H2,35,46,47)(H,38,41,42). The van der Waals surface area contributed by atoms with Gasteiger partial charge in [0.05, 0.1) is 12.8 Å². The lowest BCUT2D eigenvalue weighted by atomic mass is 9.90. The van der Waals surface area contributed by atoms with Crippen LogP contribution < -0.4 is 20.1 Å². The van der Waals surface area contributed by atoms with Crippen molar-refractivity contribution in [3.63, 3.8) is 0 Å². The van der Waals surface area contributed by atoms with Gasteiger partial charge in [0.2, 0.25) is 16.0 Å². The average molecular weight is 717 g/mol. The molecule has 0 aliphatic heterocycles.